The van der Waals surface area contributed by atoms with Gasteiger partial charge in [0.05, 0.1) is 29.3 Å². The third-order valence-corrected chi connectivity index (χ3v) is 7.69. The minimum absolute atomic E-state index is 0.0765. The fourth-order valence-corrected chi connectivity index (χ4v) is 5.49. The van der Waals surface area contributed by atoms with Crippen molar-refractivity contribution < 1.29 is 9.53 Å². The van der Waals surface area contributed by atoms with E-state index in [4.69, 9.17) is 4.74 Å². The monoisotopic (exact) mass is 578 g/mol. The summed E-state index contributed by atoms with van der Waals surface area (Å²) in [6.07, 6.45) is 5.59. The molecule has 1 aliphatic rings. The van der Waals surface area contributed by atoms with Gasteiger partial charge in [0.15, 0.2) is 0 Å². The lowest BCUT2D eigenvalue weighted by Gasteiger charge is -2.32. The SMILES string of the molecule is COc1cc(C)[nH]c(=O)c1CNC(=O)c1c(C)n(CC2CCN(c3ncc(Br)cn3)CC2)c2ccccc12. The van der Waals surface area contributed by atoms with Crippen molar-refractivity contribution in [3.63, 3.8) is 0 Å². The van der Waals surface area contributed by atoms with Crippen molar-refractivity contribution in [2.75, 3.05) is 25.1 Å². The predicted octanol–water partition coefficient (Wildman–Crippen LogP) is 4.35. The summed E-state index contributed by atoms with van der Waals surface area (Å²) in [4.78, 5) is 39.8. The van der Waals surface area contributed by atoms with E-state index in [1.807, 2.05) is 25.1 Å². The number of para-hydroxylation sites is 1. The van der Waals surface area contributed by atoms with Crippen LogP contribution in [0.4, 0.5) is 5.95 Å². The highest BCUT2D eigenvalue weighted by molar-refractivity contribution is 9.10. The first-order chi connectivity index (χ1) is 18.4. The maximum absolute atomic E-state index is 13.5. The number of carbonyl (C=O) groups is 1. The van der Waals surface area contributed by atoms with Gasteiger partial charge >= 0.3 is 0 Å². The number of benzene rings is 1. The Labute approximate surface area is 229 Å². The molecule has 0 atom stereocenters. The number of piperidine rings is 1. The van der Waals surface area contributed by atoms with Crippen LogP contribution in [0.25, 0.3) is 10.9 Å². The molecule has 0 radical (unpaired) electrons. The first-order valence-corrected chi connectivity index (χ1v) is 13.5. The average Bonchev–Trinajstić information content (AvgIpc) is 3.19. The first kappa shape index (κ1) is 26.0. The van der Waals surface area contributed by atoms with Gasteiger partial charge in [0.2, 0.25) is 5.95 Å². The number of nitrogens with zero attached hydrogens (tertiary/aromatic N) is 4. The number of ether oxygens (including phenoxy) is 1. The van der Waals surface area contributed by atoms with Crippen LogP contribution in [0.2, 0.25) is 0 Å². The number of aromatic nitrogens is 4. The minimum Gasteiger partial charge on any atom is -0.496 e. The summed E-state index contributed by atoms with van der Waals surface area (Å²) in [6, 6.07) is 9.77. The molecule has 0 saturated carbocycles. The molecule has 1 saturated heterocycles. The van der Waals surface area contributed by atoms with Gasteiger partial charge in [-0.1, -0.05) is 18.2 Å². The fraction of sp³-hybridized carbons (Fsp3) is 0.357. The number of H-pyrrole nitrogens is 1. The largest absolute Gasteiger partial charge is 0.496 e. The summed E-state index contributed by atoms with van der Waals surface area (Å²) in [6.45, 7) is 6.49. The number of fused-ring (bicyclic) bond motifs is 1. The number of halogens is 1. The maximum atomic E-state index is 13.5. The molecule has 1 fully saturated rings. The average molecular weight is 579 g/mol. The van der Waals surface area contributed by atoms with Crippen LogP contribution in [0.5, 0.6) is 5.75 Å². The maximum Gasteiger partial charge on any atom is 0.256 e. The number of hydrogen-bond donors (Lipinski definition) is 2. The number of methoxy groups -OCH3 is 1. The van der Waals surface area contributed by atoms with Crippen LogP contribution in [-0.2, 0) is 13.1 Å². The summed E-state index contributed by atoms with van der Waals surface area (Å²) >= 11 is 3.39. The lowest BCUT2D eigenvalue weighted by atomic mass is 9.96. The van der Waals surface area contributed by atoms with Gasteiger partial charge in [0.1, 0.15) is 5.75 Å². The lowest BCUT2D eigenvalue weighted by Crippen LogP contribution is -2.36. The number of carbonyl (C=O) groups excluding carboxylic acids is 1. The van der Waals surface area contributed by atoms with Gasteiger partial charge < -0.3 is 24.5 Å². The van der Waals surface area contributed by atoms with Gasteiger partial charge in [-0.15, -0.1) is 0 Å². The molecule has 0 aliphatic carbocycles. The molecule has 4 heterocycles. The Bertz CT molecular complexity index is 1520. The van der Waals surface area contributed by atoms with Crippen molar-refractivity contribution in [1.82, 2.24) is 24.8 Å². The molecule has 1 amide bonds. The van der Waals surface area contributed by atoms with E-state index < -0.39 is 0 Å². The lowest BCUT2D eigenvalue weighted by molar-refractivity contribution is 0.0951. The summed E-state index contributed by atoms with van der Waals surface area (Å²) < 4.78 is 8.51. The topological polar surface area (TPSA) is 105 Å². The van der Waals surface area contributed by atoms with Crippen molar-refractivity contribution >= 4 is 38.7 Å². The standard InChI is InChI=1S/C28H31BrN6O3/c1-17-12-24(38-3)22(26(36)33-17)15-30-27(37)25-18(2)35(23-7-5-4-6-21(23)25)16-19-8-10-34(11-9-19)28-31-13-20(29)14-32-28/h4-7,12-14,19H,8-11,15-16H2,1-3H3,(H,30,37)(H,33,36). The molecule has 9 nitrogen and oxygen atoms in total. The number of pyridine rings is 1. The summed E-state index contributed by atoms with van der Waals surface area (Å²) in [5, 5.41) is 3.86. The van der Waals surface area contributed by atoms with Crippen LogP contribution in [0, 0.1) is 19.8 Å². The third-order valence-electron chi connectivity index (χ3n) is 7.28. The van der Waals surface area contributed by atoms with E-state index in [9.17, 15) is 9.59 Å². The Kier molecular flexibility index (Phi) is 7.51. The molecule has 2 N–H and O–H groups in total. The van der Waals surface area contributed by atoms with E-state index in [1.54, 1.807) is 25.4 Å². The third kappa shape index (κ3) is 5.18. The number of anilines is 1. The minimum atomic E-state index is -0.263. The zero-order chi connectivity index (χ0) is 26.8. The van der Waals surface area contributed by atoms with Crippen molar-refractivity contribution in [3.8, 4) is 5.75 Å². The molecule has 198 valence electrons. The second kappa shape index (κ2) is 11.0. The molecule has 1 aliphatic heterocycles. The van der Waals surface area contributed by atoms with Gasteiger partial charge in [-0.3, -0.25) is 9.59 Å². The van der Waals surface area contributed by atoms with Crippen LogP contribution in [-0.4, -0.2) is 45.6 Å². The molecule has 38 heavy (non-hydrogen) atoms. The molecule has 3 aromatic heterocycles. The Balaban J connectivity index is 1.33. The zero-order valence-corrected chi connectivity index (χ0v) is 23.3. The van der Waals surface area contributed by atoms with Crippen LogP contribution >= 0.6 is 15.9 Å². The van der Waals surface area contributed by atoms with E-state index in [-0.39, 0.29) is 18.0 Å². The smallest absolute Gasteiger partial charge is 0.256 e. The summed E-state index contributed by atoms with van der Waals surface area (Å²) in [5.41, 5.74) is 3.45. The van der Waals surface area contributed by atoms with E-state index in [1.165, 1.54) is 7.11 Å². The molecular formula is C28H31BrN6O3. The van der Waals surface area contributed by atoms with Crippen molar-refractivity contribution in [2.24, 2.45) is 5.92 Å². The Morgan fingerprint density at radius 1 is 1.18 bits per heavy atom. The van der Waals surface area contributed by atoms with Gasteiger partial charge in [-0.05, 0) is 60.7 Å². The summed E-state index contributed by atoms with van der Waals surface area (Å²) in [5.74, 6) is 1.49. The molecule has 5 rings (SSSR count). The highest BCUT2D eigenvalue weighted by Gasteiger charge is 2.25. The molecule has 1 aromatic carbocycles. The highest BCUT2D eigenvalue weighted by Crippen LogP contribution is 2.30. The molecule has 10 heteroatoms. The van der Waals surface area contributed by atoms with Crippen LogP contribution in [0.1, 0.15) is 40.2 Å². The number of amides is 1. The number of nitrogens with one attached hydrogen (secondary N) is 2. The number of aryl methyl sites for hydroxylation is 1. The number of hydrogen-bond acceptors (Lipinski definition) is 6. The number of rotatable bonds is 7. The molecular weight excluding hydrogens is 548 g/mol. The van der Waals surface area contributed by atoms with Crippen molar-refractivity contribution in [2.45, 2.75) is 39.8 Å². The Morgan fingerprint density at radius 3 is 2.61 bits per heavy atom. The van der Waals surface area contributed by atoms with E-state index >= 15 is 0 Å². The van der Waals surface area contributed by atoms with Crippen LogP contribution in [0.3, 0.4) is 0 Å². The van der Waals surface area contributed by atoms with Gasteiger partial charge in [-0.2, -0.15) is 0 Å². The fourth-order valence-electron chi connectivity index (χ4n) is 5.29. The van der Waals surface area contributed by atoms with Gasteiger partial charge in [0.25, 0.3) is 11.5 Å². The van der Waals surface area contributed by atoms with E-state index in [0.29, 0.717) is 28.5 Å². The zero-order valence-electron chi connectivity index (χ0n) is 21.8. The number of aromatic amines is 1. The van der Waals surface area contributed by atoms with Crippen molar-refractivity contribution in [3.05, 3.63) is 80.1 Å². The predicted molar refractivity (Wildman–Crippen MR) is 151 cm³/mol. The van der Waals surface area contributed by atoms with Crippen molar-refractivity contribution in [1.29, 1.82) is 0 Å². The molecule has 0 unspecified atom stereocenters. The van der Waals surface area contributed by atoms with E-state index in [0.717, 1.165) is 59.5 Å². The molecule has 0 bridgehead atoms. The quantitative estimate of drug-likeness (QED) is 0.337. The Morgan fingerprint density at radius 2 is 1.89 bits per heavy atom. The highest BCUT2D eigenvalue weighted by atomic mass is 79.9. The summed E-state index contributed by atoms with van der Waals surface area (Å²) in [7, 11) is 1.52. The van der Waals surface area contributed by atoms with Gasteiger partial charge in [0, 0.05) is 54.3 Å². The second-order valence-corrected chi connectivity index (χ2v) is 10.6. The first-order valence-electron chi connectivity index (χ1n) is 12.7. The molecule has 4 aromatic rings. The Hall–Kier alpha value is -3.66. The second-order valence-electron chi connectivity index (χ2n) is 9.73. The van der Waals surface area contributed by atoms with Crippen LogP contribution in [0.15, 0.2) is 52.0 Å². The van der Waals surface area contributed by atoms with E-state index in [2.05, 4.69) is 51.7 Å². The van der Waals surface area contributed by atoms with Gasteiger partial charge in [-0.25, -0.2) is 9.97 Å². The van der Waals surface area contributed by atoms with Crippen LogP contribution < -0.4 is 20.5 Å². The molecule has 0 spiro atoms. The normalized spacial score (nSPS) is 14.2.